The van der Waals surface area contributed by atoms with Crippen LogP contribution in [0, 0.1) is 11.8 Å². The fraction of sp³-hybridized carbons (Fsp3) is 0.818. The second kappa shape index (κ2) is 4.66. The summed E-state index contributed by atoms with van der Waals surface area (Å²) < 4.78 is 0. The normalized spacial score (nSPS) is 24.9. The molecule has 0 bridgehead atoms. The molecule has 1 fully saturated rings. The number of aliphatic hydroxyl groups excluding tert-OH is 1. The van der Waals surface area contributed by atoms with Crippen molar-refractivity contribution in [2.45, 2.75) is 45.6 Å². The van der Waals surface area contributed by atoms with Crippen LogP contribution in [0.2, 0.25) is 0 Å². The van der Waals surface area contributed by atoms with Crippen molar-refractivity contribution in [1.29, 1.82) is 0 Å². The number of aliphatic hydroxyl groups is 1. The zero-order valence-corrected chi connectivity index (χ0v) is 8.16. The predicted octanol–water partition coefficient (Wildman–Crippen LogP) is 2.75. The molecule has 2 atom stereocenters. The average Bonchev–Trinajstić information content (AvgIpc) is 2.55. The van der Waals surface area contributed by atoms with E-state index in [0.717, 1.165) is 0 Å². The number of rotatable bonds is 3. The maximum Gasteiger partial charge on any atom is 0.0628 e. The van der Waals surface area contributed by atoms with Gasteiger partial charge in [0.1, 0.15) is 0 Å². The van der Waals surface area contributed by atoms with E-state index in [0.29, 0.717) is 11.8 Å². The van der Waals surface area contributed by atoms with Gasteiger partial charge in [0.25, 0.3) is 0 Å². The van der Waals surface area contributed by atoms with Crippen LogP contribution >= 0.6 is 0 Å². The van der Waals surface area contributed by atoms with Crippen LogP contribution in [-0.4, -0.2) is 11.2 Å². The highest BCUT2D eigenvalue weighted by Gasteiger charge is 2.25. The molecule has 0 saturated heterocycles. The van der Waals surface area contributed by atoms with Gasteiger partial charge >= 0.3 is 0 Å². The molecule has 1 aliphatic rings. The van der Waals surface area contributed by atoms with Crippen molar-refractivity contribution in [3.8, 4) is 0 Å². The third kappa shape index (κ3) is 2.34. The summed E-state index contributed by atoms with van der Waals surface area (Å²) in [6, 6.07) is 0. The van der Waals surface area contributed by atoms with Gasteiger partial charge in [0, 0.05) is 5.92 Å². The molecular formula is C11H20O. The van der Waals surface area contributed by atoms with Crippen molar-refractivity contribution in [2.24, 2.45) is 11.8 Å². The predicted molar refractivity (Wildman–Crippen MR) is 51.9 cm³/mol. The third-order valence-electron chi connectivity index (χ3n) is 2.92. The summed E-state index contributed by atoms with van der Waals surface area (Å²) in [5.41, 5.74) is 0. The van der Waals surface area contributed by atoms with E-state index in [-0.39, 0.29) is 6.10 Å². The second-order valence-electron chi connectivity index (χ2n) is 3.92. The first-order chi connectivity index (χ1) is 5.75. The van der Waals surface area contributed by atoms with E-state index in [1.165, 1.54) is 25.7 Å². The average molecular weight is 168 g/mol. The van der Waals surface area contributed by atoms with E-state index in [4.69, 9.17) is 0 Å². The molecule has 0 amide bonds. The lowest BCUT2D eigenvalue weighted by molar-refractivity contribution is 0.0778. The lowest BCUT2D eigenvalue weighted by Gasteiger charge is -2.21. The first-order valence-corrected chi connectivity index (χ1v) is 5.06. The summed E-state index contributed by atoms with van der Waals surface area (Å²) in [6.45, 7) is 4.11. The standard InChI is InChI=1S/C11H20O/c1-3-6-9(2)11(12)10-7-4-5-8-10/h3,6,9-12H,4-5,7-8H2,1-2H3/b6-3+. The zero-order chi connectivity index (χ0) is 8.97. The maximum atomic E-state index is 9.90. The van der Waals surface area contributed by atoms with Crippen molar-refractivity contribution in [1.82, 2.24) is 0 Å². The molecule has 0 radical (unpaired) electrons. The zero-order valence-electron chi connectivity index (χ0n) is 8.16. The monoisotopic (exact) mass is 168 g/mol. The summed E-state index contributed by atoms with van der Waals surface area (Å²) in [5, 5.41) is 9.90. The van der Waals surface area contributed by atoms with Gasteiger partial charge in [0.15, 0.2) is 0 Å². The number of hydrogen-bond donors (Lipinski definition) is 1. The molecule has 1 heteroatoms. The highest BCUT2D eigenvalue weighted by atomic mass is 16.3. The molecule has 12 heavy (non-hydrogen) atoms. The third-order valence-corrected chi connectivity index (χ3v) is 2.92. The fourth-order valence-electron chi connectivity index (χ4n) is 2.15. The molecule has 0 heterocycles. The molecule has 0 aromatic rings. The topological polar surface area (TPSA) is 20.2 Å². The Labute approximate surface area is 75.5 Å². The van der Waals surface area contributed by atoms with Crippen LogP contribution in [0.4, 0.5) is 0 Å². The van der Waals surface area contributed by atoms with E-state index in [2.05, 4.69) is 13.0 Å². The highest BCUT2D eigenvalue weighted by molar-refractivity contribution is 4.90. The van der Waals surface area contributed by atoms with Gasteiger partial charge in [-0.15, -0.1) is 0 Å². The van der Waals surface area contributed by atoms with Gasteiger partial charge in [0.05, 0.1) is 6.10 Å². The molecule has 0 aromatic heterocycles. The Bertz CT molecular complexity index is 145. The van der Waals surface area contributed by atoms with Gasteiger partial charge in [-0.1, -0.05) is 31.9 Å². The number of hydrogen-bond acceptors (Lipinski definition) is 1. The van der Waals surface area contributed by atoms with Crippen molar-refractivity contribution < 1.29 is 5.11 Å². The molecule has 1 saturated carbocycles. The van der Waals surface area contributed by atoms with E-state index >= 15 is 0 Å². The quantitative estimate of drug-likeness (QED) is 0.642. The van der Waals surface area contributed by atoms with E-state index in [1.54, 1.807) is 0 Å². The molecule has 2 unspecified atom stereocenters. The van der Waals surface area contributed by atoms with Crippen LogP contribution in [0.15, 0.2) is 12.2 Å². The minimum atomic E-state index is -0.108. The largest absolute Gasteiger partial charge is 0.392 e. The first-order valence-electron chi connectivity index (χ1n) is 5.06. The van der Waals surface area contributed by atoms with Gasteiger partial charge in [-0.25, -0.2) is 0 Å². The number of allylic oxidation sites excluding steroid dienone is 1. The molecule has 0 aliphatic heterocycles. The Morgan fingerprint density at radius 2 is 1.92 bits per heavy atom. The van der Waals surface area contributed by atoms with Gasteiger partial charge in [0.2, 0.25) is 0 Å². The highest BCUT2D eigenvalue weighted by Crippen LogP contribution is 2.30. The van der Waals surface area contributed by atoms with Crippen LogP contribution in [0.5, 0.6) is 0 Å². The SMILES string of the molecule is C/C=C/C(C)C(O)C1CCCC1. The lowest BCUT2D eigenvalue weighted by atomic mass is 9.91. The minimum absolute atomic E-state index is 0.108. The molecular weight excluding hydrogens is 148 g/mol. The summed E-state index contributed by atoms with van der Waals surface area (Å²) in [4.78, 5) is 0. The van der Waals surface area contributed by atoms with Gasteiger partial charge in [-0.2, -0.15) is 0 Å². The van der Waals surface area contributed by atoms with Crippen LogP contribution in [0.1, 0.15) is 39.5 Å². The van der Waals surface area contributed by atoms with Gasteiger partial charge in [-0.3, -0.25) is 0 Å². The Morgan fingerprint density at radius 3 is 2.42 bits per heavy atom. The molecule has 1 N–H and O–H groups in total. The van der Waals surface area contributed by atoms with Crippen LogP contribution in [0.3, 0.4) is 0 Å². The fourth-order valence-corrected chi connectivity index (χ4v) is 2.15. The Morgan fingerprint density at radius 1 is 1.33 bits per heavy atom. The summed E-state index contributed by atoms with van der Waals surface area (Å²) in [5.74, 6) is 0.897. The van der Waals surface area contributed by atoms with Crippen molar-refractivity contribution in [3.05, 3.63) is 12.2 Å². The van der Waals surface area contributed by atoms with E-state index in [1.807, 2.05) is 13.0 Å². The Hall–Kier alpha value is -0.300. The van der Waals surface area contributed by atoms with Crippen molar-refractivity contribution in [3.63, 3.8) is 0 Å². The van der Waals surface area contributed by atoms with Gasteiger partial charge < -0.3 is 5.11 Å². The maximum absolute atomic E-state index is 9.90. The molecule has 1 nitrogen and oxygen atoms in total. The van der Waals surface area contributed by atoms with Crippen molar-refractivity contribution in [2.75, 3.05) is 0 Å². The molecule has 0 spiro atoms. The summed E-state index contributed by atoms with van der Waals surface area (Å²) in [7, 11) is 0. The van der Waals surface area contributed by atoms with Crippen molar-refractivity contribution >= 4 is 0 Å². The summed E-state index contributed by atoms with van der Waals surface area (Å²) >= 11 is 0. The first kappa shape index (κ1) is 9.79. The molecule has 1 rings (SSSR count). The molecule has 0 aromatic carbocycles. The lowest BCUT2D eigenvalue weighted by Crippen LogP contribution is -2.24. The second-order valence-corrected chi connectivity index (χ2v) is 3.92. The Kier molecular flexibility index (Phi) is 3.80. The minimum Gasteiger partial charge on any atom is -0.392 e. The van der Waals surface area contributed by atoms with E-state index in [9.17, 15) is 5.11 Å². The Balaban J connectivity index is 2.39. The van der Waals surface area contributed by atoms with Gasteiger partial charge in [-0.05, 0) is 25.7 Å². The summed E-state index contributed by atoms with van der Waals surface area (Å²) in [6.07, 6.45) is 9.09. The van der Waals surface area contributed by atoms with Crippen LogP contribution in [0.25, 0.3) is 0 Å². The smallest absolute Gasteiger partial charge is 0.0628 e. The molecule has 1 aliphatic carbocycles. The van der Waals surface area contributed by atoms with Crippen LogP contribution in [-0.2, 0) is 0 Å². The van der Waals surface area contributed by atoms with Crippen LogP contribution < -0.4 is 0 Å². The molecule has 70 valence electrons. The van der Waals surface area contributed by atoms with E-state index < -0.39 is 0 Å².